The highest BCUT2D eigenvalue weighted by Gasteiger charge is 2.32. The van der Waals surface area contributed by atoms with Crippen molar-refractivity contribution < 1.29 is 39.9 Å². The first-order valence-electron chi connectivity index (χ1n) is 6.67. The number of hydrazine groups is 1. The monoisotopic (exact) mass is 344 g/mol. The van der Waals surface area contributed by atoms with Crippen LogP contribution in [0.4, 0.5) is 0 Å². The van der Waals surface area contributed by atoms with Gasteiger partial charge in [0.1, 0.15) is 5.54 Å². The normalized spacial score (nSPS) is 12.4. The number of carboxylic acids is 3. The van der Waals surface area contributed by atoms with Gasteiger partial charge in [0.25, 0.3) is 0 Å². The van der Waals surface area contributed by atoms with E-state index in [1.165, 1.54) is 25.1 Å². The fourth-order valence-corrected chi connectivity index (χ4v) is 1.49. The van der Waals surface area contributed by atoms with Crippen LogP contribution in [0.15, 0.2) is 18.2 Å². The van der Waals surface area contributed by atoms with Crippen LogP contribution in [0.2, 0.25) is 0 Å². The second-order valence-electron chi connectivity index (χ2n) is 5.07. The van der Waals surface area contributed by atoms with E-state index in [4.69, 9.17) is 26.3 Å². The Hall–Kier alpha value is -2.85. The Bertz CT molecular complexity index is 590. The number of rotatable bonds is 7. The lowest BCUT2D eigenvalue weighted by molar-refractivity contribution is -0.144. The molecule has 0 aliphatic rings. The molecule has 10 nitrogen and oxygen atoms in total. The molecule has 24 heavy (non-hydrogen) atoms. The predicted molar refractivity (Wildman–Crippen MR) is 81.3 cm³/mol. The molecule has 0 amide bonds. The largest absolute Gasteiger partial charge is 0.504 e. The average Bonchev–Trinajstić information content (AvgIpc) is 2.49. The lowest BCUT2D eigenvalue weighted by Gasteiger charge is -2.23. The number of hydrogen-bond acceptors (Lipinski definition) is 7. The first-order valence-corrected chi connectivity index (χ1v) is 6.67. The van der Waals surface area contributed by atoms with Crippen LogP contribution in [0.1, 0.15) is 25.3 Å². The average molecular weight is 344 g/mol. The Labute approximate surface area is 137 Å². The Kier molecular flexibility index (Phi) is 8.22. The van der Waals surface area contributed by atoms with Gasteiger partial charge < -0.3 is 25.5 Å². The molecule has 0 saturated heterocycles. The van der Waals surface area contributed by atoms with E-state index < -0.39 is 23.4 Å². The summed E-state index contributed by atoms with van der Waals surface area (Å²) in [6, 6.07) is 4.12. The van der Waals surface area contributed by atoms with Gasteiger partial charge in [0.2, 0.25) is 0 Å². The van der Waals surface area contributed by atoms with Crippen LogP contribution in [0, 0.1) is 0 Å². The van der Waals surface area contributed by atoms with Crippen LogP contribution >= 0.6 is 0 Å². The zero-order chi connectivity index (χ0) is 18.9. The molecule has 1 aromatic rings. The van der Waals surface area contributed by atoms with Crippen molar-refractivity contribution >= 4 is 17.9 Å². The summed E-state index contributed by atoms with van der Waals surface area (Å²) in [4.78, 5) is 30.2. The van der Waals surface area contributed by atoms with Gasteiger partial charge in [-0.15, -0.1) is 0 Å². The number of nitrogens with one attached hydrogen (secondary N) is 1. The van der Waals surface area contributed by atoms with Crippen molar-refractivity contribution in [3.63, 3.8) is 0 Å². The van der Waals surface area contributed by atoms with Crippen molar-refractivity contribution in [2.75, 3.05) is 0 Å². The molecule has 0 unspecified atom stereocenters. The molecule has 1 rings (SSSR count). The molecule has 0 heterocycles. The molecular formula is C14H20N2O8. The maximum atomic E-state index is 11.0. The second-order valence-corrected chi connectivity index (χ2v) is 5.07. The SMILES string of the molecule is C[C@@](Cc1ccc(O)c(O)c1)(NN)C(=O)O.O=C(O)CCC(=O)O. The van der Waals surface area contributed by atoms with Crippen molar-refractivity contribution in [1.29, 1.82) is 0 Å². The Morgan fingerprint density at radius 3 is 1.88 bits per heavy atom. The number of nitrogens with two attached hydrogens (primary N) is 1. The van der Waals surface area contributed by atoms with Crippen molar-refractivity contribution in [1.82, 2.24) is 5.43 Å². The molecule has 0 radical (unpaired) electrons. The standard InChI is InChI=1S/C10H14N2O4.C4H6O4/c1-10(12-11,9(15)16)5-6-2-3-7(13)8(14)4-6;5-3(6)1-2-4(7)8/h2-4,12-14H,5,11H2,1H3,(H,15,16);1-2H2,(H,5,6)(H,7,8)/t10-;/m0./s1. The zero-order valence-corrected chi connectivity index (χ0v) is 12.9. The van der Waals surface area contributed by atoms with Crippen LogP contribution in [-0.2, 0) is 20.8 Å². The summed E-state index contributed by atoms with van der Waals surface area (Å²) < 4.78 is 0. The van der Waals surface area contributed by atoms with Gasteiger partial charge >= 0.3 is 17.9 Å². The van der Waals surface area contributed by atoms with Crippen molar-refractivity contribution in [2.24, 2.45) is 5.84 Å². The van der Waals surface area contributed by atoms with Gasteiger partial charge in [-0.25, -0.2) is 5.43 Å². The highest BCUT2D eigenvalue weighted by Crippen LogP contribution is 2.26. The van der Waals surface area contributed by atoms with Gasteiger partial charge in [0, 0.05) is 6.42 Å². The summed E-state index contributed by atoms with van der Waals surface area (Å²) >= 11 is 0. The third-order valence-corrected chi connectivity index (χ3v) is 2.94. The van der Waals surface area contributed by atoms with E-state index >= 15 is 0 Å². The maximum Gasteiger partial charge on any atom is 0.325 e. The minimum absolute atomic E-state index is 0.0900. The highest BCUT2D eigenvalue weighted by molar-refractivity contribution is 5.78. The van der Waals surface area contributed by atoms with E-state index in [9.17, 15) is 19.5 Å². The molecule has 8 N–H and O–H groups in total. The van der Waals surface area contributed by atoms with Crippen molar-refractivity contribution in [2.45, 2.75) is 31.7 Å². The van der Waals surface area contributed by atoms with Crippen LogP contribution < -0.4 is 11.3 Å². The molecule has 0 aliphatic carbocycles. The lowest BCUT2D eigenvalue weighted by Crippen LogP contribution is -2.54. The third-order valence-electron chi connectivity index (χ3n) is 2.94. The topological polar surface area (TPSA) is 190 Å². The molecule has 0 aliphatic heterocycles. The quantitative estimate of drug-likeness (QED) is 0.199. The molecule has 134 valence electrons. The second kappa shape index (κ2) is 9.33. The van der Waals surface area contributed by atoms with Crippen LogP contribution in [-0.4, -0.2) is 49.0 Å². The van der Waals surface area contributed by atoms with Crippen LogP contribution in [0.3, 0.4) is 0 Å². The van der Waals surface area contributed by atoms with Gasteiger partial charge in [-0.1, -0.05) is 6.07 Å². The van der Waals surface area contributed by atoms with E-state index in [0.29, 0.717) is 5.56 Å². The van der Waals surface area contributed by atoms with Gasteiger partial charge in [0.05, 0.1) is 12.8 Å². The summed E-state index contributed by atoms with van der Waals surface area (Å²) in [6.07, 6.45) is -0.503. The molecular weight excluding hydrogens is 324 g/mol. The zero-order valence-electron chi connectivity index (χ0n) is 12.9. The fourth-order valence-electron chi connectivity index (χ4n) is 1.49. The molecule has 1 aromatic carbocycles. The molecule has 0 bridgehead atoms. The van der Waals surface area contributed by atoms with Crippen LogP contribution in [0.25, 0.3) is 0 Å². The predicted octanol–water partition coefficient (Wildman–Crippen LogP) is -0.117. The van der Waals surface area contributed by atoms with E-state index in [1.807, 2.05) is 0 Å². The molecule has 0 aromatic heterocycles. The van der Waals surface area contributed by atoms with Crippen LogP contribution in [0.5, 0.6) is 11.5 Å². The third kappa shape index (κ3) is 7.42. The number of carbonyl (C=O) groups is 3. The van der Waals surface area contributed by atoms with E-state index in [1.54, 1.807) is 0 Å². The maximum absolute atomic E-state index is 11.0. The fraction of sp³-hybridized carbons (Fsp3) is 0.357. The van der Waals surface area contributed by atoms with E-state index in [-0.39, 0.29) is 30.8 Å². The van der Waals surface area contributed by atoms with E-state index in [0.717, 1.165) is 0 Å². The number of phenols is 2. The number of aliphatic carboxylic acids is 3. The Morgan fingerprint density at radius 2 is 1.54 bits per heavy atom. The van der Waals surface area contributed by atoms with Gasteiger partial charge in [-0.3, -0.25) is 20.2 Å². The summed E-state index contributed by atoms with van der Waals surface area (Å²) in [5.41, 5.74) is 1.45. The molecule has 10 heteroatoms. The number of hydrogen-bond donors (Lipinski definition) is 7. The lowest BCUT2D eigenvalue weighted by atomic mass is 9.93. The number of phenolic OH excluding ortho intramolecular Hbond substituents is 2. The minimum Gasteiger partial charge on any atom is -0.504 e. The number of aromatic hydroxyl groups is 2. The Morgan fingerprint density at radius 1 is 1.04 bits per heavy atom. The minimum atomic E-state index is -1.32. The molecule has 1 atom stereocenters. The molecule has 0 spiro atoms. The molecule has 0 fully saturated rings. The molecule has 0 saturated carbocycles. The first-order chi connectivity index (χ1) is 11.0. The highest BCUT2D eigenvalue weighted by atomic mass is 16.4. The van der Waals surface area contributed by atoms with Gasteiger partial charge in [-0.05, 0) is 24.6 Å². The Balaban J connectivity index is 0.000000561. The first kappa shape index (κ1) is 21.1. The van der Waals surface area contributed by atoms with Gasteiger partial charge in [-0.2, -0.15) is 0 Å². The summed E-state index contributed by atoms with van der Waals surface area (Å²) in [5.74, 6) is 1.40. The summed E-state index contributed by atoms with van der Waals surface area (Å²) in [6.45, 7) is 1.43. The van der Waals surface area contributed by atoms with Crippen molar-refractivity contribution in [3.05, 3.63) is 23.8 Å². The van der Waals surface area contributed by atoms with Crippen molar-refractivity contribution in [3.8, 4) is 11.5 Å². The smallest absolute Gasteiger partial charge is 0.325 e. The summed E-state index contributed by atoms with van der Waals surface area (Å²) in [5, 5.41) is 43.1. The summed E-state index contributed by atoms with van der Waals surface area (Å²) in [7, 11) is 0. The number of carboxylic acid groups (broad SMARTS) is 3. The van der Waals surface area contributed by atoms with E-state index in [2.05, 4.69) is 5.43 Å². The van der Waals surface area contributed by atoms with Gasteiger partial charge in [0.15, 0.2) is 11.5 Å². The number of benzene rings is 1.